The maximum Gasteiger partial charge on any atom is 0.310 e. The molecule has 0 bridgehead atoms. The quantitative estimate of drug-likeness (QED) is 0.837. The van der Waals surface area contributed by atoms with Crippen LogP contribution in [0.15, 0.2) is 10.9 Å². The first kappa shape index (κ1) is 15.8. The van der Waals surface area contributed by atoms with Crippen molar-refractivity contribution in [1.82, 2.24) is 4.57 Å². The summed E-state index contributed by atoms with van der Waals surface area (Å²) in [4.78, 5) is 22.6. The Kier molecular flexibility index (Phi) is 5.58. The summed E-state index contributed by atoms with van der Waals surface area (Å²) in [5.41, 5.74) is 0. The van der Waals surface area contributed by atoms with Gasteiger partial charge in [-0.1, -0.05) is 17.4 Å². The number of carboxylic acid groups (broad SMARTS) is 1. The minimum absolute atomic E-state index is 0.0189. The molecular weight excluding hydrogens is 294 g/mol. The Morgan fingerprint density at radius 1 is 1.43 bits per heavy atom. The lowest BCUT2D eigenvalue weighted by Crippen LogP contribution is -2.13. The van der Waals surface area contributed by atoms with Crippen molar-refractivity contribution in [2.24, 2.45) is 5.92 Å². The summed E-state index contributed by atoms with van der Waals surface area (Å²) < 4.78 is 6.51. The third-order valence-corrected chi connectivity index (χ3v) is 4.39. The number of carboxylic acids is 1. The summed E-state index contributed by atoms with van der Waals surface area (Å²) in [6, 6.07) is 0. The van der Waals surface area contributed by atoms with Gasteiger partial charge in [0.15, 0.2) is 0 Å². The van der Waals surface area contributed by atoms with Crippen LogP contribution in [0.4, 0.5) is 0 Å². The molecule has 1 aliphatic heterocycles. The number of hydrogen-bond donors (Lipinski definition) is 2. The van der Waals surface area contributed by atoms with Crippen LogP contribution >= 0.6 is 11.3 Å². The van der Waals surface area contributed by atoms with Gasteiger partial charge in [-0.15, -0.1) is 0 Å². The standard InChI is InChI=1S/C14H19NO5S/c16-12(17)2-1-7-15-13(18)11(21-14(15)19)4-3-10-5-8-20-9-6-10/h3-4,10,18H,1-2,5-9H2,(H,16,17). The number of rotatable bonds is 6. The highest BCUT2D eigenvalue weighted by atomic mass is 32.1. The summed E-state index contributed by atoms with van der Waals surface area (Å²) in [6.45, 7) is 1.71. The third-order valence-electron chi connectivity index (χ3n) is 3.45. The van der Waals surface area contributed by atoms with Gasteiger partial charge in [-0.25, -0.2) is 0 Å². The zero-order valence-electron chi connectivity index (χ0n) is 11.7. The predicted octanol–water partition coefficient (Wildman–Crippen LogP) is 1.92. The molecule has 2 N–H and O–H groups in total. The second kappa shape index (κ2) is 7.42. The highest BCUT2D eigenvalue weighted by Crippen LogP contribution is 2.24. The highest BCUT2D eigenvalue weighted by molar-refractivity contribution is 7.10. The number of ether oxygens (including phenoxy) is 1. The first-order valence-corrected chi connectivity index (χ1v) is 7.80. The van der Waals surface area contributed by atoms with Crippen LogP contribution in [0.5, 0.6) is 5.88 Å². The molecule has 1 fully saturated rings. The molecule has 21 heavy (non-hydrogen) atoms. The predicted molar refractivity (Wildman–Crippen MR) is 79.7 cm³/mol. The first-order chi connectivity index (χ1) is 10.1. The Bertz CT molecular complexity index is 568. The van der Waals surface area contributed by atoms with E-state index in [1.165, 1.54) is 4.57 Å². The van der Waals surface area contributed by atoms with Crippen molar-refractivity contribution in [1.29, 1.82) is 0 Å². The van der Waals surface area contributed by atoms with Gasteiger partial charge in [0.2, 0.25) is 5.88 Å². The van der Waals surface area contributed by atoms with Gasteiger partial charge in [0.1, 0.15) is 0 Å². The molecule has 0 atom stereocenters. The Morgan fingerprint density at radius 3 is 2.81 bits per heavy atom. The fourth-order valence-corrected chi connectivity index (χ4v) is 3.06. The molecule has 1 saturated heterocycles. The second-order valence-electron chi connectivity index (χ2n) is 5.01. The number of aliphatic carboxylic acids is 1. The van der Waals surface area contributed by atoms with Crippen LogP contribution in [0.1, 0.15) is 30.6 Å². The lowest BCUT2D eigenvalue weighted by atomic mass is 10.00. The molecule has 0 unspecified atom stereocenters. The lowest BCUT2D eigenvalue weighted by molar-refractivity contribution is -0.137. The molecule has 0 spiro atoms. The van der Waals surface area contributed by atoms with Crippen molar-refractivity contribution in [3.8, 4) is 5.88 Å². The number of nitrogens with zero attached hydrogens (tertiary/aromatic N) is 1. The monoisotopic (exact) mass is 313 g/mol. The number of aromatic hydroxyl groups is 1. The van der Waals surface area contributed by atoms with Gasteiger partial charge in [-0.05, 0) is 31.3 Å². The van der Waals surface area contributed by atoms with Crippen LogP contribution in [-0.4, -0.2) is 34.0 Å². The topological polar surface area (TPSA) is 88.8 Å². The van der Waals surface area contributed by atoms with Crippen LogP contribution in [0, 0.1) is 5.92 Å². The Balaban J connectivity index is 2.02. The molecule has 2 heterocycles. The summed E-state index contributed by atoms with van der Waals surface area (Å²) in [5.74, 6) is -0.563. The zero-order chi connectivity index (χ0) is 15.2. The van der Waals surface area contributed by atoms with Gasteiger partial charge >= 0.3 is 10.8 Å². The fraction of sp³-hybridized carbons (Fsp3) is 0.571. The van der Waals surface area contributed by atoms with E-state index in [-0.39, 0.29) is 23.7 Å². The molecule has 2 rings (SSSR count). The first-order valence-electron chi connectivity index (χ1n) is 6.98. The summed E-state index contributed by atoms with van der Waals surface area (Å²) in [6.07, 6.45) is 5.99. The average Bonchev–Trinajstić information content (AvgIpc) is 2.73. The molecule has 7 heteroatoms. The Labute approximate surface area is 126 Å². The fourth-order valence-electron chi connectivity index (χ4n) is 2.24. The minimum Gasteiger partial charge on any atom is -0.493 e. The molecule has 0 aromatic carbocycles. The highest BCUT2D eigenvalue weighted by Gasteiger charge is 2.14. The largest absolute Gasteiger partial charge is 0.493 e. The summed E-state index contributed by atoms with van der Waals surface area (Å²) in [5, 5.41) is 18.6. The molecule has 0 aliphatic carbocycles. The number of thiazole rings is 1. The van der Waals surface area contributed by atoms with Gasteiger partial charge in [0.25, 0.3) is 0 Å². The van der Waals surface area contributed by atoms with E-state index >= 15 is 0 Å². The van der Waals surface area contributed by atoms with E-state index in [2.05, 4.69) is 0 Å². The van der Waals surface area contributed by atoms with E-state index in [9.17, 15) is 14.7 Å². The Hall–Kier alpha value is -1.60. The average molecular weight is 313 g/mol. The van der Waals surface area contributed by atoms with Crippen LogP contribution < -0.4 is 4.87 Å². The molecule has 6 nitrogen and oxygen atoms in total. The van der Waals surface area contributed by atoms with Crippen LogP contribution in [-0.2, 0) is 16.1 Å². The molecule has 0 amide bonds. The van der Waals surface area contributed by atoms with E-state index < -0.39 is 5.97 Å². The van der Waals surface area contributed by atoms with E-state index in [1.807, 2.05) is 6.08 Å². The van der Waals surface area contributed by atoms with Crippen molar-refractivity contribution < 1.29 is 19.7 Å². The molecule has 116 valence electrons. The maximum absolute atomic E-state index is 11.8. The molecular formula is C14H19NO5S. The smallest absolute Gasteiger partial charge is 0.310 e. The molecule has 0 radical (unpaired) electrons. The minimum atomic E-state index is -0.905. The van der Waals surface area contributed by atoms with E-state index in [0.717, 1.165) is 37.4 Å². The van der Waals surface area contributed by atoms with Gasteiger partial charge in [0, 0.05) is 26.2 Å². The van der Waals surface area contributed by atoms with Gasteiger partial charge < -0.3 is 14.9 Å². The molecule has 1 aromatic heterocycles. The molecule has 1 aliphatic rings. The molecule has 1 aromatic rings. The van der Waals surface area contributed by atoms with Gasteiger partial charge in [-0.2, -0.15) is 0 Å². The van der Waals surface area contributed by atoms with Crippen LogP contribution in [0.25, 0.3) is 6.08 Å². The lowest BCUT2D eigenvalue weighted by Gasteiger charge is -2.18. The van der Waals surface area contributed by atoms with Crippen molar-refractivity contribution >= 4 is 23.4 Å². The van der Waals surface area contributed by atoms with Gasteiger partial charge in [0.05, 0.1) is 4.88 Å². The van der Waals surface area contributed by atoms with Crippen molar-refractivity contribution in [3.05, 3.63) is 20.6 Å². The van der Waals surface area contributed by atoms with E-state index in [1.54, 1.807) is 6.08 Å². The van der Waals surface area contributed by atoms with Crippen molar-refractivity contribution in [2.45, 2.75) is 32.2 Å². The number of hydrogen-bond acceptors (Lipinski definition) is 5. The SMILES string of the molecule is O=C(O)CCCn1c(O)c(C=CC2CCOCC2)sc1=O. The maximum atomic E-state index is 11.8. The summed E-state index contributed by atoms with van der Waals surface area (Å²) in [7, 11) is 0. The number of aromatic nitrogens is 1. The van der Waals surface area contributed by atoms with E-state index in [0.29, 0.717) is 17.2 Å². The van der Waals surface area contributed by atoms with Crippen LogP contribution in [0.3, 0.4) is 0 Å². The number of carbonyl (C=O) groups is 1. The van der Waals surface area contributed by atoms with Crippen LogP contribution in [0.2, 0.25) is 0 Å². The van der Waals surface area contributed by atoms with Gasteiger partial charge in [-0.3, -0.25) is 14.2 Å². The number of allylic oxidation sites excluding steroid dienone is 1. The van der Waals surface area contributed by atoms with Crippen molar-refractivity contribution in [2.75, 3.05) is 13.2 Å². The van der Waals surface area contributed by atoms with E-state index in [4.69, 9.17) is 9.84 Å². The summed E-state index contributed by atoms with van der Waals surface area (Å²) >= 11 is 0.980. The second-order valence-corrected chi connectivity index (χ2v) is 6.01. The molecule has 0 saturated carbocycles. The normalized spacial score (nSPS) is 16.6. The van der Waals surface area contributed by atoms with Crippen molar-refractivity contribution in [3.63, 3.8) is 0 Å². The zero-order valence-corrected chi connectivity index (χ0v) is 12.5. The third kappa shape index (κ3) is 4.44. The Morgan fingerprint density at radius 2 is 2.14 bits per heavy atom.